The highest BCUT2D eigenvalue weighted by atomic mass is 16.5. The number of aryl methyl sites for hydroxylation is 1. The van der Waals surface area contributed by atoms with Crippen molar-refractivity contribution in [1.29, 1.82) is 0 Å². The van der Waals surface area contributed by atoms with E-state index >= 15 is 0 Å². The van der Waals surface area contributed by atoms with Crippen LogP contribution in [0.3, 0.4) is 0 Å². The average Bonchev–Trinajstić information content (AvgIpc) is 3.22. The minimum absolute atomic E-state index is 0.0518. The quantitative estimate of drug-likeness (QED) is 0.345. The maximum atomic E-state index is 13.0. The van der Waals surface area contributed by atoms with Crippen molar-refractivity contribution < 1.29 is 19.5 Å². The summed E-state index contributed by atoms with van der Waals surface area (Å²) in [6.45, 7) is 10.5. The number of hydrogen-bond donors (Lipinski definition) is 3. The summed E-state index contributed by atoms with van der Waals surface area (Å²) in [7, 11) is 0. The Bertz CT molecular complexity index is 1240. The summed E-state index contributed by atoms with van der Waals surface area (Å²) >= 11 is 0. The van der Waals surface area contributed by atoms with Crippen LogP contribution in [0.4, 0.5) is 0 Å². The lowest BCUT2D eigenvalue weighted by molar-refractivity contribution is -0.133. The van der Waals surface area contributed by atoms with E-state index < -0.39 is 17.9 Å². The molecule has 0 spiro atoms. The van der Waals surface area contributed by atoms with Gasteiger partial charge in [-0.3, -0.25) is 24.7 Å². The molecule has 1 fully saturated rings. The molecule has 190 valence electrons. The van der Waals surface area contributed by atoms with Crippen molar-refractivity contribution in [3.63, 3.8) is 0 Å². The van der Waals surface area contributed by atoms with Crippen LogP contribution in [0, 0.1) is 18.3 Å². The van der Waals surface area contributed by atoms with Crippen molar-refractivity contribution in [1.82, 2.24) is 20.7 Å². The summed E-state index contributed by atoms with van der Waals surface area (Å²) in [6, 6.07) is 16.6. The van der Waals surface area contributed by atoms with Crippen LogP contribution in [0.2, 0.25) is 0 Å². The summed E-state index contributed by atoms with van der Waals surface area (Å²) in [5.41, 5.74) is 5.19. The summed E-state index contributed by atoms with van der Waals surface area (Å²) < 4.78 is 6.00. The van der Waals surface area contributed by atoms with Gasteiger partial charge in [-0.15, -0.1) is 0 Å². The number of nitrogens with zero attached hydrogens (tertiary/aromatic N) is 2. The van der Waals surface area contributed by atoms with E-state index in [0.717, 1.165) is 28.7 Å². The fraction of sp³-hybridized carbons (Fsp3) is 0.393. The molecule has 2 amide bonds. The van der Waals surface area contributed by atoms with E-state index in [4.69, 9.17) is 4.74 Å². The van der Waals surface area contributed by atoms with Gasteiger partial charge in [-0.1, -0.05) is 39.0 Å². The largest absolute Gasteiger partial charge is 0.489 e. The molecule has 0 unspecified atom stereocenters. The Balaban J connectivity index is 1.40. The first-order chi connectivity index (χ1) is 17.1. The summed E-state index contributed by atoms with van der Waals surface area (Å²) in [5, 5.41) is 13.2. The maximum Gasteiger partial charge on any atom is 0.251 e. The number of aromatic nitrogens is 1. The number of fused-ring (bicyclic) bond motifs is 1. The van der Waals surface area contributed by atoms with Crippen molar-refractivity contribution >= 4 is 22.7 Å². The average molecular weight is 491 g/mol. The van der Waals surface area contributed by atoms with Crippen molar-refractivity contribution in [2.45, 2.75) is 40.3 Å². The van der Waals surface area contributed by atoms with E-state index in [9.17, 15) is 14.8 Å². The maximum absolute atomic E-state index is 13.0. The number of para-hydroxylation sites is 1. The predicted molar refractivity (Wildman–Crippen MR) is 138 cm³/mol. The molecule has 4 rings (SSSR count). The molecule has 3 aromatic rings. The second kappa shape index (κ2) is 10.6. The normalized spacial score (nSPS) is 18.2. The standard InChI is InChI=1S/C28H34N4O4/c1-18-13-20(22-7-5-6-8-24(22)29-18)16-36-21-11-9-19(10-12-21)26(33)30-25-15-32(17-28(2,3)4)14-23(25)27(34)31-35/h5-13,23,25,35H,14-17H2,1-4H3,(H,30,33)(H,31,34)/t23-,25+/m0/s1. The van der Waals surface area contributed by atoms with Gasteiger partial charge in [0.2, 0.25) is 5.91 Å². The number of amides is 2. The number of hydrogen-bond acceptors (Lipinski definition) is 6. The number of hydroxylamine groups is 1. The van der Waals surface area contributed by atoms with E-state index in [1.807, 2.05) is 37.3 Å². The van der Waals surface area contributed by atoms with Crippen LogP contribution >= 0.6 is 0 Å². The van der Waals surface area contributed by atoms with Gasteiger partial charge in [0.25, 0.3) is 5.91 Å². The van der Waals surface area contributed by atoms with Gasteiger partial charge in [-0.2, -0.15) is 0 Å². The SMILES string of the molecule is Cc1cc(COc2ccc(C(=O)N[C@@H]3CN(CC(C)(C)C)C[C@@H]3C(=O)NO)cc2)c2ccccc2n1. The van der Waals surface area contributed by atoms with Gasteiger partial charge in [-0.05, 0) is 48.7 Å². The molecule has 8 heteroatoms. The Labute approximate surface area is 211 Å². The van der Waals surface area contributed by atoms with Crippen molar-refractivity contribution in [3.05, 3.63) is 71.4 Å². The van der Waals surface area contributed by atoms with Gasteiger partial charge in [0.05, 0.1) is 17.5 Å². The molecule has 2 aromatic carbocycles. The van der Waals surface area contributed by atoms with Crippen LogP contribution in [0.15, 0.2) is 54.6 Å². The highest BCUT2D eigenvalue weighted by Gasteiger charge is 2.39. The third-order valence-electron chi connectivity index (χ3n) is 6.30. The lowest BCUT2D eigenvalue weighted by atomic mass is 9.96. The Morgan fingerprint density at radius 2 is 1.83 bits per heavy atom. The Morgan fingerprint density at radius 3 is 2.53 bits per heavy atom. The van der Waals surface area contributed by atoms with Crippen molar-refractivity contribution in [3.8, 4) is 5.75 Å². The van der Waals surface area contributed by atoms with E-state index in [2.05, 4.69) is 36.0 Å². The lowest BCUT2D eigenvalue weighted by Gasteiger charge is -2.26. The third kappa shape index (κ3) is 6.19. The van der Waals surface area contributed by atoms with Gasteiger partial charge in [0, 0.05) is 41.8 Å². The Hall–Kier alpha value is -3.49. The molecule has 0 radical (unpaired) electrons. The molecule has 8 nitrogen and oxygen atoms in total. The molecule has 0 bridgehead atoms. The summed E-state index contributed by atoms with van der Waals surface area (Å²) in [5.74, 6) is -0.627. The molecular weight excluding hydrogens is 456 g/mol. The Kier molecular flexibility index (Phi) is 7.56. The number of likely N-dealkylation sites (tertiary alicyclic amines) is 1. The number of nitrogens with one attached hydrogen (secondary N) is 2. The highest BCUT2D eigenvalue weighted by Crippen LogP contribution is 2.24. The van der Waals surface area contributed by atoms with Gasteiger partial charge in [0.1, 0.15) is 12.4 Å². The molecule has 0 saturated carbocycles. The van der Waals surface area contributed by atoms with Crippen LogP contribution < -0.4 is 15.5 Å². The predicted octanol–water partition coefficient (Wildman–Crippen LogP) is 3.70. The third-order valence-corrected chi connectivity index (χ3v) is 6.30. The van der Waals surface area contributed by atoms with Crippen LogP contribution in [-0.2, 0) is 11.4 Å². The first kappa shape index (κ1) is 25.6. The van der Waals surface area contributed by atoms with E-state index in [1.165, 1.54) is 0 Å². The zero-order valence-electron chi connectivity index (χ0n) is 21.2. The van der Waals surface area contributed by atoms with Crippen LogP contribution in [0.1, 0.15) is 42.4 Å². The zero-order valence-corrected chi connectivity index (χ0v) is 21.2. The van der Waals surface area contributed by atoms with Crippen LogP contribution in [0.5, 0.6) is 5.75 Å². The van der Waals surface area contributed by atoms with Gasteiger partial charge in [0.15, 0.2) is 0 Å². The van der Waals surface area contributed by atoms with Gasteiger partial charge >= 0.3 is 0 Å². The topological polar surface area (TPSA) is 104 Å². The van der Waals surface area contributed by atoms with E-state index in [0.29, 0.717) is 31.0 Å². The molecule has 0 aliphatic carbocycles. The molecule has 2 heterocycles. The summed E-state index contributed by atoms with van der Waals surface area (Å²) in [6.07, 6.45) is 0. The van der Waals surface area contributed by atoms with Crippen molar-refractivity contribution in [2.75, 3.05) is 19.6 Å². The summed E-state index contributed by atoms with van der Waals surface area (Å²) in [4.78, 5) is 31.9. The molecule has 1 aliphatic heterocycles. The molecule has 1 aromatic heterocycles. The number of pyridine rings is 1. The minimum atomic E-state index is -0.525. The first-order valence-corrected chi connectivity index (χ1v) is 12.2. The molecule has 36 heavy (non-hydrogen) atoms. The first-order valence-electron chi connectivity index (χ1n) is 12.2. The zero-order chi connectivity index (χ0) is 25.9. The van der Waals surface area contributed by atoms with Gasteiger partial charge < -0.3 is 10.1 Å². The fourth-order valence-corrected chi connectivity index (χ4v) is 4.81. The molecule has 3 N–H and O–H groups in total. The number of rotatable bonds is 7. The van der Waals surface area contributed by atoms with Crippen molar-refractivity contribution in [2.24, 2.45) is 11.3 Å². The monoisotopic (exact) mass is 490 g/mol. The smallest absolute Gasteiger partial charge is 0.251 e. The van der Waals surface area contributed by atoms with Crippen LogP contribution in [-0.4, -0.2) is 52.6 Å². The second-order valence-electron chi connectivity index (χ2n) is 10.7. The van der Waals surface area contributed by atoms with E-state index in [-0.39, 0.29) is 11.3 Å². The number of benzene rings is 2. The minimum Gasteiger partial charge on any atom is -0.489 e. The van der Waals surface area contributed by atoms with Gasteiger partial charge in [-0.25, -0.2) is 5.48 Å². The number of carbonyl (C=O) groups is 2. The van der Waals surface area contributed by atoms with E-state index in [1.54, 1.807) is 29.7 Å². The molecule has 2 atom stereocenters. The number of ether oxygens (including phenoxy) is 1. The lowest BCUT2D eigenvalue weighted by Crippen LogP contribution is -2.45. The second-order valence-corrected chi connectivity index (χ2v) is 10.7. The molecule has 1 saturated heterocycles. The fourth-order valence-electron chi connectivity index (χ4n) is 4.81. The van der Waals surface area contributed by atoms with Crippen LogP contribution in [0.25, 0.3) is 10.9 Å². The molecular formula is C28H34N4O4. The number of carbonyl (C=O) groups excluding carboxylic acids is 2. The highest BCUT2D eigenvalue weighted by molar-refractivity contribution is 5.95. The Morgan fingerprint density at radius 1 is 1.11 bits per heavy atom. The molecule has 1 aliphatic rings.